The zero-order valence-electron chi connectivity index (χ0n) is 18.2. The molecule has 0 amide bonds. The van der Waals surface area contributed by atoms with E-state index in [9.17, 15) is 10.1 Å². The number of non-ortho nitro benzene ring substituents is 1. The summed E-state index contributed by atoms with van der Waals surface area (Å²) in [5.74, 6) is 1.36. The number of hydrogen-bond donors (Lipinski definition) is 1. The molecule has 8 heteroatoms. The standard InChI is InChI=1S/C26H21N5O3/c32-31(33)21-9-12-25-23(15-21)26(29-17-28-25)27-14-13-18-5-10-22(11-6-18)34-16-20-8-7-19-3-1-2-4-24(19)30-20/h1-12,15,17H,13-14,16H2,(H,27,28,29). The topological polar surface area (TPSA) is 103 Å². The number of hydrogen-bond acceptors (Lipinski definition) is 7. The Morgan fingerprint density at radius 2 is 1.76 bits per heavy atom. The van der Waals surface area contributed by atoms with Gasteiger partial charge in [-0.3, -0.25) is 10.1 Å². The Hall–Kier alpha value is -4.59. The molecule has 2 heterocycles. The number of fused-ring (bicyclic) bond motifs is 2. The van der Waals surface area contributed by atoms with E-state index in [4.69, 9.17) is 4.74 Å². The van der Waals surface area contributed by atoms with E-state index in [-0.39, 0.29) is 5.69 Å². The van der Waals surface area contributed by atoms with Gasteiger partial charge in [-0.05, 0) is 42.3 Å². The van der Waals surface area contributed by atoms with E-state index >= 15 is 0 Å². The van der Waals surface area contributed by atoms with Crippen molar-refractivity contribution in [3.8, 4) is 5.75 Å². The second-order valence-electron chi connectivity index (χ2n) is 7.79. The fraction of sp³-hybridized carbons (Fsp3) is 0.115. The maximum absolute atomic E-state index is 11.1. The minimum Gasteiger partial charge on any atom is -0.487 e. The molecule has 0 bridgehead atoms. The lowest BCUT2D eigenvalue weighted by atomic mass is 10.1. The summed E-state index contributed by atoms with van der Waals surface area (Å²) in [5.41, 5.74) is 3.64. The smallest absolute Gasteiger partial charge is 0.270 e. The summed E-state index contributed by atoms with van der Waals surface area (Å²) >= 11 is 0. The lowest BCUT2D eigenvalue weighted by Gasteiger charge is -2.10. The van der Waals surface area contributed by atoms with Gasteiger partial charge in [-0.15, -0.1) is 0 Å². The van der Waals surface area contributed by atoms with Gasteiger partial charge in [-0.2, -0.15) is 0 Å². The Balaban J connectivity index is 1.18. The van der Waals surface area contributed by atoms with Crippen molar-refractivity contribution < 1.29 is 9.66 Å². The second-order valence-corrected chi connectivity index (χ2v) is 7.79. The molecular formula is C26H21N5O3. The predicted molar refractivity (Wildman–Crippen MR) is 131 cm³/mol. The average Bonchev–Trinajstić information content (AvgIpc) is 2.88. The number of anilines is 1. The molecule has 168 valence electrons. The summed E-state index contributed by atoms with van der Waals surface area (Å²) in [4.78, 5) is 23.7. The Morgan fingerprint density at radius 3 is 2.62 bits per heavy atom. The number of nitrogens with zero attached hydrogens (tertiary/aromatic N) is 4. The summed E-state index contributed by atoms with van der Waals surface area (Å²) in [6, 6.07) is 24.5. The van der Waals surface area contributed by atoms with E-state index in [1.807, 2.05) is 54.6 Å². The first-order valence-corrected chi connectivity index (χ1v) is 10.9. The lowest BCUT2D eigenvalue weighted by molar-refractivity contribution is -0.384. The van der Waals surface area contributed by atoms with E-state index in [1.54, 1.807) is 6.07 Å². The van der Waals surface area contributed by atoms with Crippen LogP contribution in [0.4, 0.5) is 11.5 Å². The summed E-state index contributed by atoms with van der Waals surface area (Å²) < 4.78 is 5.90. The monoisotopic (exact) mass is 451 g/mol. The van der Waals surface area contributed by atoms with Crippen LogP contribution in [0, 0.1) is 10.1 Å². The Labute approximate surface area is 195 Å². The molecule has 0 atom stereocenters. The first-order chi connectivity index (χ1) is 16.7. The van der Waals surface area contributed by atoms with Gasteiger partial charge in [-0.25, -0.2) is 15.0 Å². The molecule has 0 radical (unpaired) electrons. The fourth-order valence-corrected chi connectivity index (χ4v) is 3.72. The highest BCUT2D eigenvalue weighted by atomic mass is 16.6. The number of nitro groups is 1. The zero-order chi connectivity index (χ0) is 23.3. The minimum absolute atomic E-state index is 0.0137. The molecule has 0 aliphatic carbocycles. The van der Waals surface area contributed by atoms with E-state index in [1.165, 1.54) is 18.5 Å². The largest absolute Gasteiger partial charge is 0.487 e. The molecule has 0 aliphatic heterocycles. The van der Waals surface area contributed by atoms with Crippen LogP contribution in [0.25, 0.3) is 21.8 Å². The molecule has 3 aromatic carbocycles. The van der Waals surface area contributed by atoms with Crippen LogP contribution in [0.3, 0.4) is 0 Å². The predicted octanol–water partition coefficient (Wildman–Crippen LogP) is 5.32. The van der Waals surface area contributed by atoms with E-state index < -0.39 is 4.92 Å². The van der Waals surface area contributed by atoms with Gasteiger partial charge in [0.1, 0.15) is 24.5 Å². The normalized spacial score (nSPS) is 10.9. The van der Waals surface area contributed by atoms with Crippen LogP contribution >= 0.6 is 0 Å². The maximum Gasteiger partial charge on any atom is 0.270 e. The molecule has 1 N–H and O–H groups in total. The molecule has 34 heavy (non-hydrogen) atoms. The third kappa shape index (κ3) is 4.75. The highest BCUT2D eigenvalue weighted by Crippen LogP contribution is 2.24. The van der Waals surface area contributed by atoms with E-state index in [0.717, 1.165) is 34.3 Å². The van der Waals surface area contributed by atoms with Crippen LogP contribution in [0.2, 0.25) is 0 Å². The van der Waals surface area contributed by atoms with Crippen LogP contribution in [0.15, 0.2) is 85.2 Å². The highest BCUT2D eigenvalue weighted by molar-refractivity contribution is 5.90. The zero-order valence-corrected chi connectivity index (χ0v) is 18.2. The number of nitrogens with one attached hydrogen (secondary N) is 1. The molecule has 0 unspecified atom stereocenters. The maximum atomic E-state index is 11.1. The van der Waals surface area contributed by atoms with Crippen LogP contribution in [-0.2, 0) is 13.0 Å². The third-order valence-electron chi connectivity index (χ3n) is 5.50. The van der Waals surface area contributed by atoms with Crippen molar-refractivity contribution in [2.24, 2.45) is 0 Å². The Kier molecular flexibility index (Phi) is 5.94. The third-order valence-corrected chi connectivity index (χ3v) is 5.50. The number of para-hydroxylation sites is 1. The van der Waals surface area contributed by atoms with Crippen LogP contribution in [0.1, 0.15) is 11.3 Å². The van der Waals surface area contributed by atoms with Gasteiger partial charge < -0.3 is 10.1 Å². The highest BCUT2D eigenvalue weighted by Gasteiger charge is 2.10. The molecule has 0 spiro atoms. The van der Waals surface area contributed by atoms with Crippen LogP contribution in [0.5, 0.6) is 5.75 Å². The van der Waals surface area contributed by atoms with Crippen molar-refractivity contribution in [2.45, 2.75) is 13.0 Å². The Morgan fingerprint density at radius 1 is 0.912 bits per heavy atom. The van der Waals surface area contributed by atoms with Crippen molar-refractivity contribution in [3.05, 3.63) is 107 Å². The number of ether oxygens (including phenoxy) is 1. The van der Waals surface area contributed by atoms with Gasteiger partial charge in [-0.1, -0.05) is 36.4 Å². The summed E-state index contributed by atoms with van der Waals surface area (Å²) in [6.45, 7) is 1.02. The van der Waals surface area contributed by atoms with Gasteiger partial charge in [0.05, 0.1) is 21.7 Å². The van der Waals surface area contributed by atoms with Crippen LogP contribution in [-0.4, -0.2) is 26.4 Å². The number of benzene rings is 3. The number of nitro benzene ring substituents is 1. The lowest BCUT2D eigenvalue weighted by Crippen LogP contribution is -2.07. The molecule has 5 rings (SSSR count). The van der Waals surface area contributed by atoms with Crippen molar-refractivity contribution >= 4 is 33.3 Å². The van der Waals surface area contributed by atoms with E-state index in [2.05, 4.69) is 26.3 Å². The first kappa shape index (κ1) is 21.3. The first-order valence-electron chi connectivity index (χ1n) is 10.9. The molecule has 0 aliphatic rings. The minimum atomic E-state index is -0.421. The molecule has 5 aromatic rings. The van der Waals surface area contributed by atoms with Gasteiger partial charge in [0.25, 0.3) is 5.69 Å². The average molecular weight is 451 g/mol. The number of aromatic nitrogens is 3. The summed E-state index contributed by atoms with van der Waals surface area (Å²) in [6.07, 6.45) is 2.21. The quantitative estimate of drug-likeness (QED) is 0.251. The van der Waals surface area contributed by atoms with Crippen molar-refractivity contribution in [1.82, 2.24) is 15.0 Å². The SMILES string of the molecule is O=[N+]([O-])c1ccc2ncnc(NCCc3ccc(OCc4ccc5ccccc5n4)cc3)c2c1. The molecule has 0 fully saturated rings. The molecule has 0 saturated heterocycles. The second kappa shape index (κ2) is 9.50. The van der Waals surface area contributed by atoms with Crippen molar-refractivity contribution in [1.29, 1.82) is 0 Å². The van der Waals surface area contributed by atoms with Gasteiger partial charge in [0.15, 0.2) is 0 Å². The number of pyridine rings is 1. The van der Waals surface area contributed by atoms with Gasteiger partial charge >= 0.3 is 0 Å². The fourth-order valence-electron chi connectivity index (χ4n) is 3.72. The molecule has 2 aromatic heterocycles. The molecular weight excluding hydrogens is 430 g/mol. The van der Waals surface area contributed by atoms with Gasteiger partial charge in [0, 0.05) is 29.4 Å². The summed E-state index contributed by atoms with van der Waals surface area (Å²) in [5, 5.41) is 16.1. The molecule has 8 nitrogen and oxygen atoms in total. The van der Waals surface area contributed by atoms with Crippen molar-refractivity contribution in [3.63, 3.8) is 0 Å². The van der Waals surface area contributed by atoms with Crippen LogP contribution < -0.4 is 10.1 Å². The Bertz CT molecular complexity index is 1470. The van der Waals surface area contributed by atoms with E-state index in [0.29, 0.717) is 29.9 Å². The molecule has 0 saturated carbocycles. The summed E-state index contributed by atoms with van der Waals surface area (Å²) in [7, 11) is 0. The number of rotatable bonds is 8. The van der Waals surface area contributed by atoms with Crippen molar-refractivity contribution in [2.75, 3.05) is 11.9 Å². The van der Waals surface area contributed by atoms with Gasteiger partial charge in [0.2, 0.25) is 0 Å².